The molecule has 0 aliphatic rings. The first-order chi connectivity index (χ1) is 15.1. The molecular formula is C25H53NO5. The van der Waals surface area contributed by atoms with Crippen molar-refractivity contribution in [2.24, 2.45) is 5.92 Å². The van der Waals surface area contributed by atoms with Crippen LogP contribution < -0.4 is 5.32 Å². The highest BCUT2D eigenvalue weighted by Gasteiger charge is 2.41. The van der Waals surface area contributed by atoms with Crippen LogP contribution in [0.2, 0.25) is 0 Å². The zero-order chi connectivity index (χ0) is 23.2. The SMILES string of the molecule is CCCCCCCCC(CCCNCC(O)COCCC)C(OCC)(OCC)OCC. The lowest BCUT2D eigenvalue weighted by molar-refractivity contribution is -0.403. The highest BCUT2D eigenvalue weighted by atomic mass is 16.9. The quantitative estimate of drug-likeness (QED) is 0.155. The van der Waals surface area contributed by atoms with E-state index in [4.69, 9.17) is 18.9 Å². The number of aliphatic hydroxyl groups is 1. The molecule has 2 atom stereocenters. The Morgan fingerprint density at radius 2 is 1.32 bits per heavy atom. The molecule has 0 aliphatic heterocycles. The Morgan fingerprint density at radius 1 is 0.742 bits per heavy atom. The Balaban J connectivity index is 4.66. The molecule has 0 saturated carbocycles. The molecule has 0 aromatic rings. The van der Waals surface area contributed by atoms with Gasteiger partial charge in [0, 0.05) is 38.9 Å². The van der Waals surface area contributed by atoms with Gasteiger partial charge < -0.3 is 29.4 Å². The topological polar surface area (TPSA) is 69.2 Å². The van der Waals surface area contributed by atoms with E-state index in [0.29, 0.717) is 39.6 Å². The molecule has 2 unspecified atom stereocenters. The fourth-order valence-corrected chi connectivity index (χ4v) is 3.92. The molecule has 6 heteroatoms. The number of nitrogens with one attached hydrogen (secondary N) is 1. The normalized spacial score (nSPS) is 14.1. The monoisotopic (exact) mass is 447 g/mol. The summed E-state index contributed by atoms with van der Waals surface area (Å²) in [5.74, 6) is -0.757. The van der Waals surface area contributed by atoms with Gasteiger partial charge in [0.25, 0.3) is 5.97 Å². The molecule has 0 spiro atoms. The van der Waals surface area contributed by atoms with Gasteiger partial charge in [-0.05, 0) is 53.0 Å². The number of ether oxygens (including phenoxy) is 4. The van der Waals surface area contributed by atoms with Crippen LogP contribution in [0.5, 0.6) is 0 Å². The number of rotatable bonds is 24. The molecule has 6 nitrogen and oxygen atoms in total. The Kier molecular flexibility index (Phi) is 21.4. The maximum absolute atomic E-state index is 9.98. The van der Waals surface area contributed by atoms with Crippen molar-refractivity contribution in [1.29, 1.82) is 0 Å². The second-order valence-corrected chi connectivity index (χ2v) is 8.23. The average Bonchev–Trinajstić information content (AvgIpc) is 2.75. The third-order valence-corrected chi connectivity index (χ3v) is 5.39. The lowest BCUT2D eigenvalue weighted by Gasteiger charge is -2.39. The van der Waals surface area contributed by atoms with Crippen molar-refractivity contribution in [2.75, 3.05) is 46.1 Å². The van der Waals surface area contributed by atoms with E-state index in [9.17, 15) is 5.11 Å². The van der Waals surface area contributed by atoms with Gasteiger partial charge in [0.15, 0.2) is 0 Å². The third-order valence-electron chi connectivity index (χ3n) is 5.39. The molecule has 0 saturated heterocycles. The minimum atomic E-state index is -0.949. The smallest absolute Gasteiger partial charge is 0.285 e. The summed E-state index contributed by atoms with van der Waals surface area (Å²) in [4.78, 5) is 0. The fraction of sp³-hybridized carbons (Fsp3) is 1.00. The Labute approximate surface area is 192 Å². The average molecular weight is 448 g/mol. The first kappa shape index (κ1) is 30.8. The van der Waals surface area contributed by atoms with Crippen molar-refractivity contribution < 1.29 is 24.1 Å². The highest BCUT2D eigenvalue weighted by molar-refractivity contribution is 4.74. The summed E-state index contributed by atoms with van der Waals surface area (Å²) in [6, 6.07) is 0. The molecule has 0 aromatic carbocycles. The second kappa shape index (κ2) is 21.6. The molecule has 31 heavy (non-hydrogen) atoms. The van der Waals surface area contributed by atoms with Crippen molar-refractivity contribution in [3.8, 4) is 0 Å². The van der Waals surface area contributed by atoms with Gasteiger partial charge in [0.05, 0.1) is 12.7 Å². The van der Waals surface area contributed by atoms with Gasteiger partial charge in [-0.15, -0.1) is 0 Å². The lowest BCUT2D eigenvalue weighted by atomic mass is 9.92. The van der Waals surface area contributed by atoms with Gasteiger partial charge >= 0.3 is 0 Å². The molecule has 0 fully saturated rings. The molecule has 0 aliphatic carbocycles. The first-order valence-corrected chi connectivity index (χ1v) is 13.0. The standard InChI is InChI=1S/C25H53NO5/c1-6-11-12-13-14-15-17-23(25(29-8-3,30-9-4)31-10-5)18-16-19-26-21-24(27)22-28-20-7-2/h23-24,26-27H,6-22H2,1-5H3. The van der Waals surface area contributed by atoms with E-state index in [1.54, 1.807) is 0 Å². The number of hydrogen-bond acceptors (Lipinski definition) is 6. The van der Waals surface area contributed by atoms with Crippen LogP contribution in [0.4, 0.5) is 0 Å². The van der Waals surface area contributed by atoms with Crippen molar-refractivity contribution in [3.05, 3.63) is 0 Å². The summed E-state index contributed by atoms with van der Waals surface area (Å²) in [7, 11) is 0. The first-order valence-electron chi connectivity index (χ1n) is 13.0. The summed E-state index contributed by atoms with van der Waals surface area (Å²) in [5.41, 5.74) is 0. The maximum atomic E-state index is 9.98. The Morgan fingerprint density at radius 3 is 1.90 bits per heavy atom. The zero-order valence-corrected chi connectivity index (χ0v) is 21.3. The molecule has 0 radical (unpaired) electrons. The van der Waals surface area contributed by atoms with Crippen molar-refractivity contribution in [2.45, 2.75) is 111 Å². The molecule has 2 N–H and O–H groups in total. The van der Waals surface area contributed by atoms with Gasteiger partial charge in [-0.1, -0.05) is 52.4 Å². The van der Waals surface area contributed by atoms with Crippen LogP contribution in [-0.2, 0) is 18.9 Å². The predicted octanol–water partition coefficient (Wildman–Crippen LogP) is 5.27. The molecule has 0 heterocycles. The largest absolute Gasteiger partial charge is 0.389 e. The summed E-state index contributed by atoms with van der Waals surface area (Å²) in [5, 5.41) is 13.3. The van der Waals surface area contributed by atoms with E-state index in [2.05, 4.69) is 19.2 Å². The summed E-state index contributed by atoms with van der Waals surface area (Å²) in [6.45, 7) is 14.5. The Hall–Kier alpha value is -0.240. The third kappa shape index (κ3) is 15.3. The van der Waals surface area contributed by atoms with Crippen LogP contribution in [0, 0.1) is 5.92 Å². The zero-order valence-electron chi connectivity index (χ0n) is 21.3. The van der Waals surface area contributed by atoms with E-state index in [-0.39, 0.29) is 5.92 Å². The van der Waals surface area contributed by atoms with Gasteiger partial charge in [-0.2, -0.15) is 0 Å². The Bertz CT molecular complexity index is 353. The predicted molar refractivity (Wildman–Crippen MR) is 128 cm³/mol. The summed E-state index contributed by atoms with van der Waals surface area (Å²) < 4.78 is 23.7. The van der Waals surface area contributed by atoms with Gasteiger partial charge in [-0.3, -0.25) is 0 Å². The lowest BCUT2D eigenvalue weighted by Crippen LogP contribution is -2.47. The van der Waals surface area contributed by atoms with Crippen LogP contribution in [0.25, 0.3) is 0 Å². The number of aliphatic hydroxyl groups excluding tert-OH is 1. The van der Waals surface area contributed by atoms with Gasteiger partial charge in [0.2, 0.25) is 0 Å². The maximum Gasteiger partial charge on any atom is 0.285 e. The van der Waals surface area contributed by atoms with E-state index < -0.39 is 12.1 Å². The van der Waals surface area contributed by atoms with Crippen molar-refractivity contribution >= 4 is 0 Å². The van der Waals surface area contributed by atoms with E-state index in [1.165, 1.54) is 38.5 Å². The van der Waals surface area contributed by atoms with E-state index >= 15 is 0 Å². The van der Waals surface area contributed by atoms with Crippen LogP contribution >= 0.6 is 0 Å². The number of unbranched alkanes of at least 4 members (excludes halogenated alkanes) is 5. The minimum absolute atomic E-state index is 0.193. The minimum Gasteiger partial charge on any atom is -0.389 e. The van der Waals surface area contributed by atoms with Crippen molar-refractivity contribution in [1.82, 2.24) is 5.32 Å². The summed E-state index contributed by atoms with van der Waals surface area (Å²) in [6.07, 6.45) is 11.1. The molecule has 0 amide bonds. The van der Waals surface area contributed by atoms with Crippen LogP contribution in [0.3, 0.4) is 0 Å². The second-order valence-electron chi connectivity index (χ2n) is 8.23. The summed E-state index contributed by atoms with van der Waals surface area (Å²) >= 11 is 0. The highest BCUT2D eigenvalue weighted by Crippen LogP contribution is 2.34. The molecule has 188 valence electrons. The molecular weight excluding hydrogens is 394 g/mol. The van der Waals surface area contributed by atoms with Gasteiger partial charge in [0.1, 0.15) is 0 Å². The molecule has 0 bridgehead atoms. The van der Waals surface area contributed by atoms with Crippen LogP contribution in [0.15, 0.2) is 0 Å². The fourth-order valence-electron chi connectivity index (χ4n) is 3.92. The van der Waals surface area contributed by atoms with Crippen LogP contribution in [-0.4, -0.2) is 63.3 Å². The van der Waals surface area contributed by atoms with Crippen molar-refractivity contribution in [3.63, 3.8) is 0 Å². The molecule has 0 aromatic heterocycles. The number of hydrogen-bond donors (Lipinski definition) is 2. The van der Waals surface area contributed by atoms with E-state index in [0.717, 1.165) is 32.2 Å². The van der Waals surface area contributed by atoms with E-state index in [1.807, 2.05) is 20.8 Å². The van der Waals surface area contributed by atoms with Gasteiger partial charge in [-0.25, -0.2) is 0 Å². The molecule has 0 rings (SSSR count). The van der Waals surface area contributed by atoms with Crippen LogP contribution in [0.1, 0.15) is 98.8 Å².